The van der Waals surface area contributed by atoms with E-state index in [4.69, 9.17) is 0 Å². The van der Waals surface area contributed by atoms with Crippen molar-refractivity contribution < 1.29 is 19.1 Å². The summed E-state index contributed by atoms with van der Waals surface area (Å²) in [6.45, 7) is 2.54. The molecular formula is C13H24N4O4. The predicted octanol–water partition coefficient (Wildman–Crippen LogP) is -1.92. The standard InChI is InChI=1S/C13H24N4O4/c1-14-13(20)10-8-15-6-7-17(10)9-11(18)16-5-3-4-12(19)21-2/h10,15H,3-9H2,1-2H3,(H,14,20)(H,16,18). The van der Waals surface area contributed by atoms with Crippen LogP contribution in [-0.4, -0.2) is 75.6 Å². The van der Waals surface area contributed by atoms with Crippen LogP contribution in [0.3, 0.4) is 0 Å². The number of ether oxygens (including phenoxy) is 1. The molecule has 1 aliphatic rings. The van der Waals surface area contributed by atoms with Crippen molar-refractivity contribution in [3.05, 3.63) is 0 Å². The molecule has 1 fully saturated rings. The smallest absolute Gasteiger partial charge is 0.305 e. The lowest BCUT2D eigenvalue weighted by Crippen LogP contribution is -2.59. The quantitative estimate of drug-likeness (QED) is 0.374. The highest BCUT2D eigenvalue weighted by Crippen LogP contribution is 2.03. The van der Waals surface area contributed by atoms with Crippen molar-refractivity contribution in [3.8, 4) is 0 Å². The molecule has 1 aliphatic heterocycles. The molecule has 8 heteroatoms. The Balaban J connectivity index is 2.31. The van der Waals surface area contributed by atoms with Gasteiger partial charge in [0.25, 0.3) is 0 Å². The van der Waals surface area contributed by atoms with Gasteiger partial charge >= 0.3 is 5.97 Å². The first-order chi connectivity index (χ1) is 10.1. The van der Waals surface area contributed by atoms with Gasteiger partial charge in [0.1, 0.15) is 6.04 Å². The van der Waals surface area contributed by atoms with E-state index in [0.29, 0.717) is 26.1 Å². The molecule has 8 nitrogen and oxygen atoms in total. The summed E-state index contributed by atoms with van der Waals surface area (Å²) in [4.78, 5) is 36.4. The maximum atomic E-state index is 11.9. The fraction of sp³-hybridized carbons (Fsp3) is 0.769. The second-order valence-corrected chi connectivity index (χ2v) is 4.83. The minimum Gasteiger partial charge on any atom is -0.469 e. The van der Waals surface area contributed by atoms with Gasteiger partial charge in [0, 0.05) is 39.6 Å². The van der Waals surface area contributed by atoms with E-state index in [1.807, 2.05) is 4.90 Å². The Kier molecular flexibility index (Phi) is 7.70. The fourth-order valence-corrected chi connectivity index (χ4v) is 2.16. The van der Waals surface area contributed by atoms with E-state index in [9.17, 15) is 14.4 Å². The highest BCUT2D eigenvalue weighted by atomic mass is 16.5. The largest absolute Gasteiger partial charge is 0.469 e. The molecule has 1 rings (SSSR count). The normalized spacial score (nSPS) is 18.9. The number of nitrogens with zero attached hydrogens (tertiary/aromatic N) is 1. The Labute approximate surface area is 124 Å². The maximum absolute atomic E-state index is 11.9. The Morgan fingerprint density at radius 1 is 1.38 bits per heavy atom. The van der Waals surface area contributed by atoms with Crippen molar-refractivity contribution in [2.45, 2.75) is 18.9 Å². The van der Waals surface area contributed by atoms with Gasteiger partial charge in [0.15, 0.2) is 0 Å². The molecule has 21 heavy (non-hydrogen) atoms. The molecular weight excluding hydrogens is 276 g/mol. The van der Waals surface area contributed by atoms with Crippen molar-refractivity contribution >= 4 is 17.8 Å². The number of amides is 2. The number of carbonyl (C=O) groups excluding carboxylic acids is 3. The lowest BCUT2D eigenvalue weighted by Gasteiger charge is -2.34. The molecule has 0 radical (unpaired) electrons. The molecule has 0 bridgehead atoms. The Morgan fingerprint density at radius 3 is 2.81 bits per heavy atom. The highest BCUT2D eigenvalue weighted by molar-refractivity contribution is 5.83. The van der Waals surface area contributed by atoms with Crippen molar-refractivity contribution in [2.24, 2.45) is 0 Å². The van der Waals surface area contributed by atoms with E-state index in [1.165, 1.54) is 7.11 Å². The van der Waals surface area contributed by atoms with Gasteiger partial charge in [-0.05, 0) is 6.42 Å². The number of rotatable bonds is 7. The zero-order valence-corrected chi connectivity index (χ0v) is 12.6. The Hall–Kier alpha value is -1.67. The molecule has 1 unspecified atom stereocenters. The second-order valence-electron chi connectivity index (χ2n) is 4.83. The molecule has 0 aromatic heterocycles. The van der Waals surface area contributed by atoms with Gasteiger partial charge in [-0.3, -0.25) is 19.3 Å². The average molecular weight is 300 g/mol. The monoisotopic (exact) mass is 300 g/mol. The van der Waals surface area contributed by atoms with Gasteiger partial charge in [-0.25, -0.2) is 0 Å². The van der Waals surface area contributed by atoms with E-state index in [2.05, 4.69) is 20.7 Å². The summed E-state index contributed by atoms with van der Waals surface area (Å²) in [7, 11) is 2.92. The number of likely N-dealkylation sites (N-methyl/N-ethyl adjacent to an activating group) is 1. The minimum atomic E-state index is -0.329. The van der Waals surface area contributed by atoms with Gasteiger partial charge in [0.05, 0.1) is 13.7 Å². The molecule has 3 N–H and O–H groups in total. The number of carbonyl (C=O) groups is 3. The van der Waals surface area contributed by atoms with E-state index in [-0.39, 0.29) is 36.8 Å². The third-order valence-corrected chi connectivity index (χ3v) is 3.36. The number of hydrogen-bond acceptors (Lipinski definition) is 6. The summed E-state index contributed by atoms with van der Waals surface area (Å²) in [6.07, 6.45) is 0.824. The molecule has 1 saturated heterocycles. The molecule has 1 atom stereocenters. The summed E-state index contributed by atoms with van der Waals surface area (Å²) < 4.78 is 4.52. The summed E-state index contributed by atoms with van der Waals surface area (Å²) in [6, 6.07) is -0.329. The van der Waals surface area contributed by atoms with Crippen LogP contribution >= 0.6 is 0 Å². The molecule has 2 amide bonds. The van der Waals surface area contributed by atoms with E-state index in [0.717, 1.165) is 6.54 Å². The third kappa shape index (κ3) is 6.09. The fourth-order valence-electron chi connectivity index (χ4n) is 2.16. The molecule has 0 aromatic rings. The molecule has 0 spiro atoms. The maximum Gasteiger partial charge on any atom is 0.305 e. The lowest BCUT2D eigenvalue weighted by atomic mass is 10.1. The molecule has 0 aromatic carbocycles. The van der Waals surface area contributed by atoms with E-state index >= 15 is 0 Å². The Bertz CT molecular complexity index is 375. The molecule has 0 saturated carbocycles. The van der Waals surface area contributed by atoms with Crippen LogP contribution in [0.25, 0.3) is 0 Å². The van der Waals surface area contributed by atoms with Crippen LogP contribution in [0.5, 0.6) is 0 Å². The first-order valence-electron chi connectivity index (χ1n) is 7.08. The van der Waals surface area contributed by atoms with Crippen LogP contribution in [0.4, 0.5) is 0 Å². The molecule has 1 heterocycles. The zero-order chi connectivity index (χ0) is 15.7. The van der Waals surface area contributed by atoms with Crippen LogP contribution in [0.15, 0.2) is 0 Å². The van der Waals surface area contributed by atoms with Gasteiger partial charge in [0.2, 0.25) is 11.8 Å². The third-order valence-electron chi connectivity index (χ3n) is 3.36. The first-order valence-corrected chi connectivity index (χ1v) is 7.08. The summed E-state index contributed by atoms with van der Waals surface area (Å²) in [5, 5.41) is 8.49. The van der Waals surface area contributed by atoms with E-state index in [1.54, 1.807) is 7.05 Å². The topological polar surface area (TPSA) is 99.8 Å². The van der Waals surface area contributed by atoms with Crippen molar-refractivity contribution in [2.75, 3.05) is 46.9 Å². The van der Waals surface area contributed by atoms with Crippen LogP contribution in [0.1, 0.15) is 12.8 Å². The van der Waals surface area contributed by atoms with Crippen molar-refractivity contribution in [3.63, 3.8) is 0 Å². The number of hydrogen-bond donors (Lipinski definition) is 3. The second kappa shape index (κ2) is 9.30. The van der Waals surface area contributed by atoms with Gasteiger partial charge in [-0.15, -0.1) is 0 Å². The SMILES string of the molecule is CNC(=O)C1CNCCN1CC(=O)NCCCC(=O)OC. The average Bonchev–Trinajstić information content (AvgIpc) is 2.51. The van der Waals surface area contributed by atoms with E-state index < -0.39 is 0 Å². The van der Waals surface area contributed by atoms with Crippen LogP contribution in [0, 0.1) is 0 Å². The summed E-state index contributed by atoms with van der Waals surface area (Å²) >= 11 is 0. The van der Waals surface area contributed by atoms with Gasteiger partial charge in [-0.1, -0.05) is 0 Å². The first kappa shape index (κ1) is 17.4. The van der Waals surface area contributed by atoms with Crippen molar-refractivity contribution in [1.82, 2.24) is 20.9 Å². The van der Waals surface area contributed by atoms with Gasteiger partial charge < -0.3 is 20.7 Å². The van der Waals surface area contributed by atoms with Crippen LogP contribution < -0.4 is 16.0 Å². The highest BCUT2D eigenvalue weighted by Gasteiger charge is 2.28. The number of methoxy groups -OCH3 is 1. The summed E-state index contributed by atoms with van der Waals surface area (Å²) in [5.41, 5.74) is 0. The number of piperazine rings is 1. The van der Waals surface area contributed by atoms with Crippen molar-refractivity contribution in [1.29, 1.82) is 0 Å². The minimum absolute atomic E-state index is 0.0966. The molecule has 120 valence electrons. The zero-order valence-electron chi connectivity index (χ0n) is 12.6. The predicted molar refractivity (Wildman–Crippen MR) is 76.6 cm³/mol. The van der Waals surface area contributed by atoms with Crippen LogP contribution in [0.2, 0.25) is 0 Å². The lowest BCUT2D eigenvalue weighted by molar-refractivity contribution is -0.141. The molecule has 0 aliphatic carbocycles. The number of nitrogens with one attached hydrogen (secondary N) is 3. The van der Waals surface area contributed by atoms with Crippen LogP contribution in [-0.2, 0) is 19.1 Å². The Morgan fingerprint density at radius 2 is 2.14 bits per heavy atom. The van der Waals surface area contributed by atoms with Gasteiger partial charge in [-0.2, -0.15) is 0 Å². The summed E-state index contributed by atoms with van der Waals surface area (Å²) in [5.74, 6) is -0.526. The number of esters is 1.